The maximum atomic E-state index is 12.7. The van der Waals surface area contributed by atoms with Crippen molar-refractivity contribution in [3.63, 3.8) is 0 Å². The fraction of sp³-hybridized carbons (Fsp3) is 0.190. The molecular weight excluding hydrogens is 376 g/mol. The van der Waals surface area contributed by atoms with Gasteiger partial charge in [0.25, 0.3) is 5.91 Å². The van der Waals surface area contributed by atoms with E-state index in [4.69, 9.17) is 4.74 Å². The number of nitrogens with zero attached hydrogens (tertiary/aromatic N) is 1. The van der Waals surface area contributed by atoms with Crippen molar-refractivity contribution in [2.45, 2.75) is 19.4 Å². The smallest absolute Gasteiger partial charge is 0.326 e. The first-order valence-electron chi connectivity index (χ1n) is 8.67. The molecule has 0 spiro atoms. The van der Waals surface area contributed by atoms with Crippen LogP contribution in [0.2, 0.25) is 0 Å². The number of nitrogens with one attached hydrogen (secondary N) is 1. The summed E-state index contributed by atoms with van der Waals surface area (Å²) in [6.45, 7) is 1.74. The van der Waals surface area contributed by atoms with Gasteiger partial charge < -0.3 is 15.2 Å². The van der Waals surface area contributed by atoms with Crippen molar-refractivity contribution in [2.75, 3.05) is 7.11 Å². The van der Waals surface area contributed by atoms with Gasteiger partial charge in [-0.1, -0.05) is 42.5 Å². The number of hydrogen-bond acceptors (Lipinski definition) is 5. The zero-order valence-corrected chi connectivity index (χ0v) is 16.3. The molecule has 1 atom stereocenters. The van der Waals surface area contributed by atoms with Crippen molar-refractivity contribution >= 4 is 23.2 Å². The Bertz CT molecular complexity index is 985. The molecule has 0 aliphatic heterocycles. The second-order valence-electron chi connectivity index (χ2n) is 6.22. The Labute approximate surface area is 166 Å². The molecule has 3 aromatic rings. The average molecular weight is 396 g/mol. The highest BCUT2D eigenvalue weighted by Crippen LogP contribution is 2.30. The lowest BCUT2D eigenvalue weighted by atomic mass is 10.1. The standard InChI is InChI=1S/C21H20N2O4S/c1-13-18(28-20(22-13)15-9-6-10-16(12-15)27-2)19(24)23-17(21(25)26)11-14-7-4-3-5-8-14/h3-10,12,17H,11H2,1-2H3,(H,23,24)(H,25,26)/t17-/m0/s1. The van der Waals surface area contributed by atoms with Gasteiger partial charge in [0.2, 0.25) is 0 Å². The molecule has 0 aliphatic carbocycles. The van der Waals surface area contributed by atoms with Crippen molar-refractivity contribution in [3.8, 4) is 16.3 Å². The van der Waals surface area contributed by atoms with Crippen LogP contribution < -0.4 is 10.1 Å². The SMILES string of the molecule is COc1cccc(-c2nc(C)c(C(=O)N[C@@H](Cc3ccccc3)C(=O)O)s2)c1. The maximum Gasteiger partial charge on any atom is 0.326 e. The molecule has 0 saturated carbocycles. The van der Waals surface area contributed by atoms with Gasteiger partial charge >= 0.3 is 5.97 Å². The summed E-state index contributed by atoms with van der Waals surface area (Å²) >= 11 is 1.23. The molecule has 2 N–H and O–H groups in total. The normalized spacial score (nSPS) is 11.6. The van der Waals surface area contributed by atoms with E-state index < -0.39 is 17.9 Å². The third-order valence-electron chi connectivity index (χ3n) is 4.21. The second-order valence-corrected chi connectivity index (χ2v) is 7.22. The third kappa shape index (κ3) is 4.55. The molecule has 3 rings (SSSR count). The molecule has 0 radical (unpaired) electrons. The lowest BCUT2D eigenvalue weighted by Crippen LogP contribution is -2.42. The minimum absolute atomic E-state index is 0.211. The number of aliphatic carboxylic acids is 1. The minimum Gasteiger partial charge on any atom is -0.497 e. The van der Waals surface area contributed by atoms with E-state index in [0.29, 0.717) is 21.3 Å². The number of carboxylic acids is 1. The van der Waals surface area contributed by atoms with Crippen molar-refractivity contribution in [3.05, 3.63) is 70.7 Å². The Morgan fingerprint density at radius 1 is 1.18 bits per heavy atom. The summed E-state index contributed by atoms with van der Waals surface area (Å²) in [5.41, 5.74) is 2.24. The minimum atomic E-state index is -1.08. The Kier molecular flexibility index (Phi) is 6.06. The molecule has 144 valence electrons. The van der Waals surface area contributed by atoms with Gasteiger partial charge in [-0.15, -0.1) is 11.3 Å². The molecule has 2 aromatic carbocycles. The average Bonchev–Trinajstić information content (AvgIpc) is 3.10. The van der Waals surface area contributed by atoms with E-state index in [1.165, 1.54) is 11.3 Å². The van der Waals surface area contributed by atoms with Gasteiger partial charge in [-0.25, -0.2) is 9.78 Å². The molecule has 1 aromatic heterocycles. The number of ether oxygens (including phenoxy) is 1. The number of carboxylic acid groups (broad SMARTS) is 1. The second kappa shape index (κ2) is 8.67. The summed E-state index contributed by atoms with van der Waals surface area (Å²) in [5, 5.41) is 12.8. The number of aryl methyl sites for hydroxylation is 1. The Hall–Kier alpha value is -3.19. The molecule has 28 heavy (non-hydrogen) atoms. The number of thiazole rings is 1. The van der Waals surface area contributed by atoms with E-state index in [2.05, 4.69) is 10.3 Å². The summed E-state index contributed by atoms with van der Waals surface area (Å²) in [7, 11) is 1.59. The van der Waals surface area contributed by atoms with Crippen molar-refractivity contribution in [1.82, 2.24) is 10.3 Å². The predicted octanol–water partition coefficient (Wildman–Crippen LogP) is 3.55. The first-order chi connectivity index (χ1) is 13.5. The van der Waals surface area contributed by atoms with Gasteiger partial charge in [0.15, 0.2) is 0 Å². The van der Waals surface area contributed by atoms with Crippen LogP contribution in [0.1, 0.15) is 20.9 Å². The van der Waals surface area contributed by atoms with Crippen LogP contribution in [0.3, 0.4) is 0 Å². The molecule has 6 nitrogen and oxygen atoms in total. The highest BCUT2D eigenvalue weighted by atomic mass is 32.1. The molecule has 1 heterocycles. The lowest BCUT2D eigenvalue weighted by Gasteiger charge is -2.14. The van der Waals surface area contributed by atoms with E-state index in [-0.39, 0.29) is 6.42 Å². The summed E-state index contributed by atoms with van der Waals surface area (Å²) in [4.78, 5) is 29.2. The van der Waals surface area contributed by atoms with Crippen LogP contribution in [-0.4, -0.2) is 35.1 Å². The first-order valence-corrected chi connectivity index (χ1v) is 9.49. The number of aromatic nitrogens is 1. The number of rotatable bonds is 7. The number of carbonyl (C=O) groups is 2. The molecule has 0 bridgehead atoms. The van der Waals surface area contributed by atoms with Crippen LogP contribution in [0.25, 0.3) is 10.6 Å². The van der Waals surface area contributed by atoms with E-state index in [0.717, 1.165) is 11.1 Å². The van der Waals surface area contributed by atoms with Crippen LogP contribution in [0, 0.1) is 6.92 Å². The van der Waals surface area contributed by atoms with Crippen LogP contribution >= 0.6 is 11.3 Å². The highest BCUT2D eigenvalue weighted by Gasteiger charge is 2.24. The number of amides is 1. The van der Waals surface area contributed by atoms with Gasteiger partial charge in [0.1, 0.15) is 21.7 Å². The van der Waals surface area contributed by atoms with Crippen LogP contribution in [0.5, 0.6) is 5.75 Å². The number of carbonyl (C=O) groups excluding carboxylic acids is 1. The zero-order valence-electron chi connectivity index (χ0n) is 15.5. The largest absolute Gasteiger partial charge is 0.497 e. The van der Waals surface area contributed by atoms with Gasteiger partial charge in [0.05, 0.1) is 12.8 Å². The zero-order chi connectivity index (χ0) is 20.1. The van der Waals surface area contributed by atoms with Crippen molar-refractivity contribution in [1.29, 1.82) is 0 Å². The lowest BCUT2D eigenvalue weighted by molar-refractivity contribution is -0.139. The van der Waals surface area contributed by atoms with Crippen LogP contribution in [-0.2, 0) is 11.2 Å². The first kappa shape index (κ1) is 19.6. The molecule has 0 fully saturated rings. The fourth-order valence-corrected chi connectivity index (χ4v) is 3.73. The monoisotopic (exact) mass is 396 g/mol. The highest BCUT2D eigenvalue weighted by molar-refractivity contribution is 7.17. The topological polar surface area (TPSA) is 88.5 Å². The number of benzene rings is 2. The van der Waals surface area contributed by atoms with E-state index >= 15 is 0 Å². The molecule has 0 unspecified atom stereocenters. The van der Waals surface area contributed by atoms with E-state index in [1.807, 2.05) is 54.6 Å². The molecule has 1 amide bonds. The Morgan fingerprint density at radius 2 is 1.93 bits per heavy atom. The molecular formula is C21H20N2O4S. The third-order valence-corrected chi connectivity index (χ3v) is 5.41. The number of methoxy groups -OCH3 is 1. The summed E-state index contributed by atoms with van der Waals surface area (Å²) in [6.07, 6.45) is 0.211. The fourth-order valence-electron chi connectivity index (χ4n) is 2.76. The molecule has 7 heteroatoms. The van der Waals surface area contributed by atoms with Crippen LogP contribution in [0.4, 0.5) is 0 Å². The van der Waals surface area contributed by atoms with E-state index in [1.54, 1.807) is 14.0 Å². The van der Waals surface area contributed by atoms with E-state index in [9.17, 15) is 14.7 Å². The molecule has 0 aliphatic rings. The predicted molar refractivity (Wildman–Crippen MR) is 108 cm³/mol. The van der Waals surface area contributed by atoms with Crippen molar-refractivity contribution in [2.24, 2.45) is 0 Å². The van der Waals surface area contributed by atoms with Gasteiger partial charge in [0, 0.05) is 12.0 Å². The maximum absolute atomic E-state index is 12.7. The summed E-state index contributed by atoms with van der Waals surface area (Å²) in [6, 6.07) is 15.6. The quantitative estimate of drug-likeness (QED) is 0.638. The number of hydrogen-bond donors (Lipinski definition) is 2. The van der Waals surface area contributed by atoms with Gasteiger partial charge in [-0.3, -0.25) is 4.79 Å². The summed E-state index contributed by atoms with van der Waals surface area (Å²) < 4.78 is 5.23. The van der Waals surface area contributed by atoms with Gasteiger partial charge in [-0.05, 0) is 24.6 Å². The molecule has 0 saturated heterocycles. The van der Waals surface area contributed by atoms with Crippen molar-refractivity contribution < 1.29 is 19.4 Å². The van der Waals surface area contributed by atoms with Gasteiger partial charge in [-0.2, -0.15) is 0 Å². The van der Waals surface area contributed by atoms with Crippen LogP contribution in [0.15, 0.2) is 54.6 Å². The Balaban J connectivity index is 1.79. The summed E-state index contributed by atoms with van der Waals surface area (Å²) in [5.74, 6) is -0.815. The Morgan fingerprint density at radius 3 is 2.61 bits per heavy atom.